The lowest BCUT2D eigenvalue weighted by atomic mass is 9.91. The Balaban J connectivity index is 2.57. The second kappa shape index (κ2) is 6.36. The molecule has 0 aliphatic rings. The molecule has 0 spiro atoms. The maximum Gasteiger partial charge on any atom is 0.352 e. The summed E-state index contributed by atoms with van der Waals surface area (Å²) in [4.78, 5) is 23.6. The Hall–Kier alpha value is -1.84. The molecule has 0 N–H and O–H groups in total. The van der Waals surface area contributed by atoms with Crippen molar-refractivity contribution in [1.82, 2.24) is 0 Å². The van der Waals surface area contributed by atoms with Crippen LogP contribution in [0.15, 0.2) is 30.3 Å². The van der Waals surface area contributed by atoms with Gasteiger partial charge in [-0.05, 0) is 39.3 Å². The predicted molar refractivity (Wildman–Crippen MR) is 71.7 cm³/mol. The Kier molecular flexibility index (Phi) is 5.10. The van der Waals surface area contributed by atoms with Gasteiger partial charge < -0.3 is 9.47 Å². The first-order valence-electron chi connectivity index (χ1n) is 6.34. The van der Waals surface area contributed by atoms with E-state index < -0.39 is 23.5 Å². The fraction of sp³-hybridized carbons (Fsp3) is 0.467. The summed E-state index contributed by atoms with van der Waals surface area (Å²) in [6.07, 6.45) is -0.273. The van der Waals surface area contributed by atoms with Crippen molar-refractivity contribution in [3.8, 4) is 5.75 Å². The molecule has 1 atom stereocenters. The third kappa shape index (κ3) is 4.39. The van der Waals surface area contributed by atoms with Crippen LogP contribution in [-0.2, 0) is 14.3 Å². The van der Waals surface area contributed by atoms with Gasteiger partial charge in [-0.15, -0.1) is 0 Å². The van der Waals surface area contributed by atoms with Crippen LogP contribution in [0.25, 0.3) is 0 Å². The van der Waals surface area contributed by atoms with Crippen LogP contribution in [0.4, 0.5) is 0 Å². The first kappa shape index (κ1) is 15.2. The summed E-state index contributed by atoms with van der Waals surface area (Å²) in [7, 11) is 0. The van der Waals surface area contributed by atoms with E-state index in [1.54, 1.807) is 38.1 Å². The van der Waals surface area contributed by atoms with E-state index in [0.717, 1.165) is 0 Å². The zero-order valence-corrected chi connectivity index (χ0v) is 11.8. The van der Waals surface area contributed by atoms with Crippen LogP contribution in [0.5, 0.6) is 5.75 Å². The Morgan fingerprint density at radius 3 is 2.32 bits per heavy atom. The van der Waals surface area contributed by atoms with Gasteiger partial charge in [-0.25, -0.2) is 4.79 Å². The number of carbonyl (C=O) groups excluding carboxylic acids is 2. The minimum Gasteiger partial charge on any atom is -0.450 e. The molecule has 0 saturated carbocycles. The molecular formula is C15H20O4. The normalized spacial score (nSPS) is 12.6. The van der Waals surface area contributed by atoms with Gasteiger partial charge in [0.25, 0.3) is 0 Å². The molecule has 1 rings (SSSR count). The molecule has 0 radical (unpaired) electrons. The quantitative estimate of drug-likeness (QED) is 0.606. The molecule has 0 saturated heterocycles. The van der Waals surface area contributed by atoms with Crippen LogP contribution in [0.2, 0.25) is 0 Å². The third-order valence-corrected chi connectivity index (χ3v) is 3.01. The molecule has 0 aliphatic carbocycles. The Morgan fingerprint density at radius 1 is 1.21 bits per heavy atom. The molecule has 0 fully saturated rings. The second-order valence-electron chi connectivity index (χ2n) is 5.02. The van der Waals surface area contributed by atoms with E-state index in [0.29, 0.717) is 12.2 Å². The summed E-state index contributed by atoms with van der Waals surface area (Å²) in [5.41, 5.74) is -0.596. The van der Waals surface area contributed by atoms with E-state index in [9.17, 15) is 9.59 Å². The van der Waals surface area contributed by atoms with E-state index in [1.165, 1.54) is 6.92 Å². The predicted octanol–water partition coefficient (Wildman–Crippen LogP) is 2.96. The highest BCUT2D eigenvalue weighted by atomic mass is 16.6. The molecule has 4 heteroatoms. The number of esters is 2. The van der Waals surface area contributed by atoms with Gasteiger partial charge in [0.05, 0.1) is 5.41 Å². The van der Waals surface area contributed by atoms with Gasteiger partial charge in [-0.2, -0.15) is 0 Å². The zero-order valence-electron chi connectivity index (χ0n) is 11.8. The molecule has 1 aromatic rings. The Labute approximate surface area is 113 Å². The van der Waals surface area contributed by atoms with Gasteiger partial charge >= 0.3 is 11.9 Å². The van der Waals surface area contributed by atoms with Crippen LogP contribution >= 0.6 is 0 Å². The van der Waals surface area contributed by atoms with Crippen molar-refractivity contribution in [2.75, 3.05) is 0 Å². The van der Waals surface area contributed by atoms with Crippen molar-refractivity contribution in [3.05, 3.63) is 30.3 Å². The smallest absolute Gasteiger partial charge is 0.352 e. The highest BCUT2D eigenvalue weighted by Crippen LogP contribution is 2.22. The van der Waals surface area contributed by atoms with Gasteiger partial charge in [0.1, 0.15) is 5.75 Å². The maximum atomic E-state index is 11.8. The highest BCUT2D eigenvalue weighted by Gasteiger charge is 2.30. The SMILES string of the molecule is CCC(C)(C)C(=O)OC(C)C(=O)Oc1ccccc1. The number of hydrogen-bond acceptors (Lipinski definition) is 4. The molecule has 1 unspecified atom stereocenters. The van der Waals surface area contributed by atoms with Crippen LogP contribution in [-0.4, -0.2) is 18.0 Å². The summed E-state index contributed by atoms with van der Waals surface area (Å²) >= 11 is 0. The summed E-state index contributed by atoms with van der Waals surface area (Å²) in [6, 6.07) is 8.69. The van der Waals surface area contributed by atoms with Crippen molar-refractivity contribution in [1.29, 1.82) is 0 Å². The Bertz CT molecular complexity index is 437. The molecule has 19 heavy (non-hydrogen) atoms. The number of benzene rings is 1. The number of carbonyl (C=O) groups is 2. The van der Waals surface area contributed by atoms with Crippen LogP contribution in [0, 0.1) is 5.41 Å². The summed E-state index contributed by atoms with van der Waals surface area (Å²) in [5.74, 6) is -0.538. The number of ether oxygens (including phenoxy) is 2. The molecule has 104 valence electrons. The van der Waals surface area contributed by atoms with Gasteiger partial charge in [0.15, 0.2) is 6.10 Å². The van der Waals surface area contributed by atoms with E-state index in [-0.39, 0.29) is 0 Å². The molecule has 0 aromatic heterocycles. The summed E-state index contributed by atoms with van der Waals surface area (Å²) < 4.78 is 10.2. The van der Waals surface area contributed by atoms with Gasteiger partial charge in [0, 0.05) is 0 Å². The van der Waals surface area contributed by atoms with Crippen molar-refractivity contribution in [2.24, 2.45) is 5.41 Å². The summed E-state index contributed by atoms with van der Waals surface area (Å²) in [6.45, 7) is 6.97. The van der Waals surface area contributed by atoms with Crippen molar-refractivity contribution >= 4 is 11.9 Å². The molecule has 4 nitrogen and oxygen atoms in total. The fourth-order valence-corrected chi connectivity index (χ4v) is 1.20. The van der Waals surface area contributed by atoms with Crippen LogP contribution < -0.4 is 4.74 Å². The van der Waals surface area contributed by atoms with E-state index >= 15 is 0 Å². The lowest BCUT2D eigenvalue weighted by Crippen LogP contribution is -2.34. The van der Waals surface area contributed by atoms with Crippen molar-refractivity contribution in [2.45, 2.75) is 40.2 Å². The minimum atomic E-state index is -0.918. The first-order chi connectivity index (χ1) is 8.86. The van der Waals surface area contributed by atoms with Crippen molar-refractivity contribution < 1.29 is 19.1 Å². The standard InChI is InChI=1S/C15H20O4/c1-5-15(3,4)14(17)18-11(2)13(16)19-12-9-7-6-8-10-12/h6-11H,5H2,1-4H3. The monoisotopic (exact) mass is 264 g/mol. The van der Waals surface area contributed by atoms with E-state index in [1.807, 2.05) is 13.0 Å². The average Bonchev–Trinajstić information content (AvgIpc) is 2.39. The van der Waals surface area contributed by atoms with Crippen molar-refractivity contribution in [3.63, 3.8) is 0 Å². The lowest BCUT2D eigenvalue weighted by molar-refractivity contribution is -0.168. The first-order valence-corrected chi connectivity index (χ1v) is 6.34. The molecular weight excluding hydrogens is 244 g/mol. The molecule has 0 heterocycles. The second-order valence-corrected chi connectivity index (χ2v) is 5.02. The zero-order chi connectivity index (χ0) is 14.5. The number of rotatable bonds is 5. The molecule has 1 aromatic carbocycles. The minimum absolute atomic E-state index is 0.396. The van der Waals surface area contributed by atoms with Gasteiger partial charge in [-0.3, -0.25) is 4.79 Å². The van der Waals surface area contributed by atoms with E-state index in [4.69, 9.17) is 9.47 Å². The number of para-hydroxylation sites is 1. The topological polar surface area (TPSA) is 52.6 Å². The molecule has 0 aliphatic heterocycles. The van der Waals surface area contributed by atoms with Gasteiger partial charge in [-0.1, -0.05) is 25.1 Å². The van der Waals surface area contributed by atoms with E-state index in [2.05, 4.69) is 0 Å². The summed E-state index contributed by atoms with van der Waals surface area (Å²) in [5, 5.41) is 0. The van der Waals surface area contributed by atoms with Crippen LogP contribution in [0.3, 0.4) is 0 Å². The lowest BCUT2D eigenvalue weighted by Gasteiger charge is -2.22. The maximum absolute atomic E-state index is 11.8. The van der Waals surface area contributed by atoms with Gasteiger partial charge in [0.2, 0.25) is 0 Å². The third-order valence-electron chi connectivity index (χ3n) is 3.01. The largest absolute Gasteiger partial charge is 0.450 e. The molecule has 0 bridgehead atoms. The highest BCUT2D eigenvalue weighted by molar-refractivity contribution is 5.82. The Morgan fingerprint density at radius 2 is 1.79 bits per heavy atom. The average molecular weight is 264 g/mol. The molecule has 0 amide bonds. The van der Waals surface area contributed by atoms with Crippen LogP contribution in [0.1, 0.15) is 34.1 Å². The number of hydrogen-bond donors (Lipinski definition) is 0. The fourth-order valence-electron chi connectivity index (χ4n) is 1.20.